The van der Waals surface area contributed by atoms with Crippen LogP contribution in [0.5, 0.6) is 0 Å². The van der Waals surface area contributed by atoms with Gasteiger partial charge in [0.15, 0.2) is 0 Å². The molecule has 0 aliphatic rings. The quantitative estimate of drug-likeness (QED) is 0.671. The number of rotatable bonds is 5. The molecule has 0 aromatic heterocycles. The molecule has 1 heteroatoms. The topological polar surface area (TPSA) is 0 Å². The van der Waals surface area contributed by atoms with E-state index in [2.05, 4.69) is 44.8 Å². The summed E-state index contributed by atoms with van der Waals surface area (Å²) >= 11 is -0.828. The van der Waals surface area contributed by atoms with Gasteiger partial charge < -0.3 is 0 Å². The summed E-state index contributed by atoms with van der Waals surface area (Å²) in [6.07, 6.45) is 2.27. The van der Waals surface area contributed by atoms with Crippen molar-refractivity contribution < 1.29 is 0 Å². The average molecular weight is 283 g/mol. The van der Waals surface area contributed by atoms with Crippen molar-refractivity contribution in [3.05, 3.63) is 10.2 Å². The molecular weight excluding hydrogens is 260 g/mol. The summed E-state index contributed by atoms with van der Waals surface area (Å²) in [5.41, 5.74) is 0. The molecule has 0 nitrogen and oxygen atoms in total. The van der Waals surface area contributed by atoms with Gasteiger partial charge in [-0.05, 0) is 0 Å². The maximum absolute atomic E-state index is 2.53. The fraction of sp³-hybridized carbons (Fsp3) is 0.818. The zero-order valence-corrected chi connectivity index (χ0v) is 11.5. The molecule has 0 bridgehead atoms. The summed E-state index contributed by atoms with van der Waals surface area (Å²) in [4.78, 5) is 0. The second kappa shape index (κ2) is 6.98. The zero-order valence-electron chi connectivity index (χ0n) is 9.13. The molecule has 0 amide bonds. The maximum atomic E-state index is 2.53. The van der Waals surface area contributed by atoms with Crippen molar-refractivity contribution in [2.45, 2.75) is 43.6 Å². The van der Waals surface area contributed by atoms with Gasteiger partial charge in [0.05, 0.1) is 0 Å². The van der Waals surface area contributed by atoms with E-state index >= 15 is 0 Å². The van der Waals surface area contributed by atoms with Gasteiger partial charge in [0.2, 0.25) is 0 Å². The van der Waals surface area contributed by atoms with Crippen LogP contribution in [0.3, 0.4) is 0 Å². The van der Waals surface area contributed by atoms with Crippen molar-refractivity contribution in [1.29, 1.82) is 0 Å². The Morgan fingerprint density at radius 3 is 1.67 bits per heavy atom. The van der Waals surface area contributed by atoms with Gasteiger partial charge in [0, 0.05) is 0 Å². The Bertz CT molecular complexity index is 115. The van der Waals surface area contributed by atoms with E-state index in [1.54, 1.807) is 0 Å². The van der Waals surface area contributed by atoms with Crippen LogP contribution in [0.4, 0.5) is 0 Å². The van der Waals surface area contributed by atoms with Gasteiger partial charge in [-0.2, -0.15) is 0 Å². The van der Waals surface area contributed by atoms with Gasteiger partial charge >= 0.3 is 85.1 Å². The van der Waals surface area contributed by atoms with Crippen molar-refractivity contribution >= 4 is 19.6 Å². The average Bonchev–Trinajstić information content (AvgIpc) is 1.84. The molecule has 12 heavy (non-hydrogen) atoms. The van der Waals surface area contributed by atoms with Crippen LogP contribution >= 0.6 is 0 Å². The number of hydrogen-bond donors (Lipinski definition) is 0. The molecule has 0 fully saturated rings. The summed E-state index contributed by atoms with van der Waals surface area (Å²) in [6.45, 7) is 11.5. The third-order valence-corrected chi connectivity index (χ3v) is 9.55. The summed E-state index contributed by atoms with van der Waals surface area (Å²) in [5, 5.41) is 0. The van der Waals surface area contributed by atoms with E-state index in [0.29, 0.717) is 0 Å². The Hall–Kier alpha value is 0.530. The first-order valence-corrected chi connectivity index (χ1v) is 9.49. The molecule has 0 unspecified atom stereocenters. The fourth-order valence-corrected chi connectivity index (χ4v) is 8.24. The van der Waals surface area contributed by atoms with E-state index in [1.807, 2.05) is 0 Å². The van der Waals surface area contributed by atoms with Crippen molar-refractivity contribution in [1.82, 2.24) is 0 Å². The number of allylic oxidation sites excluding steroid dienone is 1. The normalized spacial score (nSPS) is 12.7. The molecule has 0 atom stereocenters. The van der Waals surface area contributed by atoms with Crippen molar-refractivity contribution in [3.8, 4) is 0 Å². The van der Waals surface area contributed by atoms with Gasteiger partial charge in [-0.3, -0.25) is 0 Å². The van der Waals surface area contributed by atoms with Gasteiger partial charge in [-0.15, -0.1) is 0 Å². The Morgan fingerprint density at radius 1 is 1.00 bits per heavy atom. The first kappa shape index (κ1) is 12.5. The van der Waals surface area contributed by atoms with E-state index in [1.165, 1.54) is 8.94 Å². The third kappa shape index (κ3) is 7.19. The second-order valence-corrected chi connectivity index (χ2v) is 9.88. The van der Waals surface area contributed by atoms with Gasteiger partial charge in [-0.1, -0.05) is 0 Å². The standard InChI is InChI=1S/C11H23Te/c1-6-7-12(8-10(2)3)9-11(4)5/h6-7,10-11H,8-9H2,1-5H3/q+1/b7-6+. The van der Waals surface area contributed by atoms with E-state index < -0.39 is 19.6 Å². The van der Waals surface area contributed by atoms with E-state index in [4.69, 9.17) is 0 Å². The summed E-state index contributed by atoms with van der Waals surface area (Å²) in [7, 11) is 0. The minimum absolute atomic E-state index is 0.828. The second-order valence-electron chi connectivity index (χ2n) is 4.13. The molecular formula is C11H23Te+. The zero-order chi connectivity index (χ0) is 9.56. The van der Waals surface area contributed by atoms with Crippen LogP contribution in [0.15, 0.2) is 10.2 Å². The summed E-state index contributed by atoms with van der Waals surface area (Å²) in [5.74, 6) is 1.80. The first-order valence-electron chi connectivity index (χ1n) is 4.85. The van der Waals surface area contributed by atoms with Crippen LogP contribution in [0.2, 0.25) is 8.94 Å². The van der Waals surface area contributed by atoms with Crippen molar-refractivity contribution in [2.24, 2.45) is 11.8 Å². The number of hydrogen-bond acceptors (Lipinski definition) is 0. The molecule has 0 saturated carbocycles. The van der Waals surface area contributed by atoms with Crippen LogP contribution in [0, 0.1) is 11.8 Å². The Morgan fingerprint density at radius 2 is 1.42 bits per heavy atom. The predicted octanol–water partition coefficient (Wildman–Crippen LogP) is 3.91. The van der Waals surface area contributed by atoms with Crippen LogP contribution in [0.1, 0.15) is 34.6 Å². The van der Waals surface area contributed by atoms with Crippen molar-refractivity contribution in [3.63, 3.8) is 0 Å². The summed E-state index contributed by atoms with van der Waals surface area (Å²) in [6, 6.07) is 0. The summed E-state index contributed by atoms with van der Waals surface area (Å²) < 4.78 is 5.54. The van der Waals surface area contributed by atoms with Gasteiger partial charge in [-0.25, -0.2) is 0 Å². The molecule has 0 aromatic rings. The van der Waals surface area contributed by atoms with Crippen LogP contribution in [-0.4, -0.2) is 19.6 Å². The molecule has 0 aromatic carbocycles. The SMILES string of the molecule is C/C=C/[Te+](CC(C)C)CC(C)C. The molecule has 0 aliphatic carbocycles. The fourth-order valence-electron chi connectivity index (χ4n) is 1.23. The van der Waals surface area contributed by atoms with E-state index in [-0.39, 0.29) is 0 Å². The van der Waals surface area contributed by atoms with Gasteiger partial charge in [0.25, 0.3) is 0 Å². The molecule has 0 N–H and O–H groups in total. The predicted molar refractivity (Wildman–Crippen MR) is 59.9 cm³/mol. The van der Waals surface area contributed by atoms with Crippen LogP contribution in [-0.2, 0) is 0 Å². The molecule has 0 rings (SSSR count). The molecule has 0 spiro atoms. The van der Waals surface area contributed by atoms with E-state index in [9.17, 15) is 0 Å². The molecule has 0 aliphatic heterocycles. The minimum atomic E-state index is -0.828. The molecule has 0 saturated heterocycles. The molecule has 0 radical (unpaired) electrons. The first-order chi connectivity index (χ1) is 5.56. The Labute approximate surface area is 85.1 Å². The molecule has 72 valence electrons. The van der Waals surface area contributed by atoms with Gasteiger partial charge in [0.1, 0.15) is 0 Å². The van der Waals surface area contributed by atoms with E-state index in [0.717, 1.165) is 11.8 Å². The monoisotopic (exact) mass is 285 g/mol. The molecule has 0 heterocycles. The van der Waals surface area contributed by atoms with Crippen molar-refractivity contribution in [2.75, 3.05) is 0 Å². The van der Waals surface area contributed by atoms with Crippen LogP contribution in [0.25, 0.3) is 0 Å². The Balaban J connectivity index is 3.86. The third-order valence-electron chi connectivity index (χ3n) is 1.42. The Kier molecular flexibility index (Phi) is 7.29. The van der Waals surface area contributed by atoms with Crippen LogP contribution < -0.4 is 0 Å².